The van der Waals surface area contributed by atoms with E-state index in [1.54, 1.807) is 32.0 Å². The highest BCUT2D eigenvalue weighted by molar-refractivity contribution is 5.97. The molecule has 1 aromatic carbocycles. The number of hydrogen-bond donors (Lipinski definition) is 3. The number of hydrogen-bond acceptors (Lipinski definition) is 3. The van der Waals surface area contributed by atoms with Crippen molar-refractivity contribution in [1.82, 2.24) is 5.32 Å². The van der Waals surface area contributed by atoms with Crippen molar-refractivity contribution in [2.45, 2.75) is 33.2 Å². The molecule has 104 valence electrons. The molecule has 0 aliphatic rings. The molecular weight excluding hydrogens is 244 g/mol. The van der Waals surface area contributed by atoms with Gasteiger partial charge in [0.1, 0.15) is 6.04 Å². The van der Waals surface area contributed by atoms with Crippen molar-refractivity contribution in [1.29, 1.82) is 0 Å². The topological polar surface area (TPSA) is 92.4 Å². The van der Waals surface area contributed by atoms with Crippen molar-refractivity contribution in [2.75, 3.05) is 5.73 Å². The lowest BCUT2D eigenvalue weighted by Crippen LogP contribution is -2.45. The van der Waals surface area contributed by atoms with Crippen LogP contribution in [0.3, 0.4) is 0 Å². The van der Waals surface area contributed by atoms with Gasteiger partial charge in [0.15, 0.2) is 0 Å². The maximum atomic E-state index is 12.0. The summed E-state index contributed by atoms with van der Waals surface area (Å²) in [6.45, 7) is 5.49. The van der Waals surface area contributed by atoms with Crippen LogP contribution in [-0.4, -0.2) is 23.0 Å². The Morgan fingerprint density at radius 3 is 2.53 bits per heavy atom. The van der Waals surface area contributed by atoms with Gasteiger partial charge in [0.2, 0.25) is 0 Å². The van der Waals surface area contributed by atoms with Gasteiger partial charge in [0.05, 0.1) is 0 Å². The zero-order valence-corrected chi connectivity index (χ0v) is 11.4. The highest BCUT2D eigenvalue weighted by Crippen LogP contribution is 2.14. The van der Waals surface area contributed by atoms with Gasteiger partial charge >= 0.3 is 5.97 Å². The minimum atomic E-state index is -1.02. The summed E-state index contributed by atoms with van der Waals surface area (Å²) in [5, 5.41) is 11.7. The van der Waals surface area contributed by atoms with Gasteiger partial charge in [-0.1, -0.05) is 20.3 Å². The van der Waals surface area contributed by atoms with E-state index in [2.05, 4.69) is 5.32 Å². The largest absolute Gasteiger partial charge is 0.480 e. The number of carbonyl (C=O) groups is 2. The first kappa shape index (κ1) is 15.0. The van der Waals surface area contributed by atoms with E-state index in [-0.39, 0.29) is 5.92 Å². The Balaban J connectivity index is 2.87. The van der Waals surface area contributed by atoms with Crippen molar-refractivity contribution in [3.63, 3.8) is 0 Å². The zero-order chi connectivity index (χ0) is 14.6. The molecule has 4 N–H and O–H groups in total. The van der Waals surface area contributed by atoms with Crippen molar-refractivity contribution >= 4 is 17.6 Å². The maximum absolute atomic E-state index is 12.0. The molecule has 1 aromatic rings. The lowest BCUT2D eigenvalue weighted by atomic mass is 9.98. The van der Waals surface area contributed by atoms with Crippen LogP contribution in [-0.2, 0) is 4.79 Å². The summed E-state index contributed by atoms with van der Waals surface area (Å²) in [5.41, 5.74) is 7.50. The molecule has 19 heavy (non-hydrogen) atoms. The molecule has 0 saturated carbocycles. The van der Waals surface area contributed by atoms with E-state index in [0.717, 1.165) is 5.56 Å². The number of carboxylic acid groups (broad SMARTS) is 1. The van der Waals surface area contributed by atoms with E-state index in [4.69, 9.17) is 10.8 Å². The fourth-order valence-electron chi connectivity index (χ4n) is 1.72. The molecule has 1 unspecified atom stereocenters. The molecule has 0 radical (unpaired) electrons. The third kappa shape index (κ3) is 3.71. The number of nitrogens with one attached hydrogen (secondary N) is 1. The number of aryl methyl sites for hydroxylation is 1. The van der Waals surface area contributed by atoms with Crippen LogP contribution in [0, 0.1) is 12.8 Å². The molecule has 2 atom stereocenters. The van der Waals surface area contributed by atoms with Crippen LogP contribution in [0.4, 0.5) is 5.69 Å². The predicted molar refractivity (Wildman–Crippen MR) is 73.9 cm³/mol. The molecule has 5 nitrogen and oxygen atoms in total. The Labute approximate surface area is 112 Å². The molecule has 0 heterocycles. The van der Waals surface area contributed by atoms with E-state index in [1.807, 2.05) is 6.92 Å². The van der Waals surface area contributed by atoms with Gasteiger partial charge in [-0.2, -0.15) is 0 Å². The summed E-state index contributed by atoms with van der Waals surface area (Å²) < 4.78 is 0. The average molecular weight is 264 g/mol. The molecule has 0 bridgehead atoms. The number of amides is 1. The lowest BCUT2D eigenvalue weighted by molar-refractivity contribution is -0.140. The second-order valence-electron chi connectivity index (χ2n) is 4.75. The van der Waals surface area contributed by atoms with Gasteiger partial charge < -0.3 is 16.2 Å². The molecule has 1 rings (SSSR count). The molecule has 0 aromatic heterocycles. The van der Waals surface area contributed by atoms with Crippen LogP contribution in [0.15, 0.2) is 18.2 Å². The third-order valence-corrected chi connectivity index (χ3v) is 3.30. The molecule has 0 fully saturated rings. The van der Waals surface area contributed by atoms with Crippen LogP contribution in [0.25, 0.3) is 0 Å². The number of aliphatic carboxylic acids is 1. The van der Waals surface area contributed by atoms with Crippen LogP contribution in [0.5, 0.6) is 0 Å². The van der Waals surface area contributed by atoms with Crippen molar-refractivity contribution in [3.05, 3.63) is 29.3 Å². The minimum Gasteiger partial charge on any atom is -0.480 e. The molecular formula is C14H20N2O3. The second kappa shape index (κ2) is 6.22. The Morgan fingerprint density at radius 1 is 1.42 bits per heavy atom. The van der Waals surface area contributed by atoms with Crippen LogP contribution in [0.2, 0.25) is 0 Å². The van der Waals surface area contributed by atoms with E-state index in [0.29, 0.717) is 17.7 Å². The van der Waals surface area contributed by atoms with Crippen LogP contribution < -0.4 is 11.1 Å². The SMILES string of the molecule is CCC(C)[C@H](NC(=O)c1ccc(N)c(C)c1)C(=O)O. The maximum Gasteiger partial charge on any atom is 0.326 e. The standard InChI is InChI=1S/C14H20N2O3/c1-4-8(2)12(14(18)19)16-13(17)10-5-6-11(15)9(3)7-10/h5-8,12H,4,15H2,1-3H3,(H,16,17)(H,18,19)/t8?,12-/m0/s1. The summed E-state index contributed by atoms with van der Waals surface area (Å²) in [6, 6.07) is 4.01. The summed E-state index contributed by atoms with van der Waals surface area (Å²) in [7, 11) is 0. The van der Waals surface area contributed by atoms with Crippen molar-refractivity contribution < 1.29 is 14.7 Å². The van der Waals surface area contributed by atoms with E-state index < -0.39 is 17.9 Å². The van der Waals surface area contributed by atoms with Gasteiger partial charge in [0, 0.05) is 11.3 Å². The highest BCUT2D eigenvalue weighted by Gasteiger charge is 2.25. The van der Waals surface area contributed by atoms with E-state index >= 15 is 0 Å². The zero-order valence-electron chi connectivity index (χ0n) is 11.4. The normalized spacial score (nSPS) is 13.6. The Kier molecular flexibility index (Phi) is 4.92. The van der Waals surface area contributed by atoms with E-state index in [1.165, 1.54) is 0 Å². The Hall–Kier alpha value is -2.04. The average Bonchev–Trinajstić information content (AvgIpc) is 2.37. The number of rotatable bonds is 5. The van der Waals surface area contributed by atoms with Gasteiger partial charge in [-0.05, 0) is 36.6 Å². The number of nitrogens with two attached hydrogens (primary N) is 1. The van der Waals surface area contributed by atoms with Gasteiger partial charge in [-0.25, -0.2) is 4.79 Å². The lowest BCUT2D eigenvalue weighted by Gasteiger charge is -2.20. The molecule has 0 aliphatic heterocycles. The van der Waals surface area contributed by atoms with Crippen molar-refractivity contribution in [2.24, 2.45) is 5.92 Å². The Bertz CT molecular complexity index is 486. The van der Waals surface area contributed by atoms with Gasteiger partial charge in [-0.3, -0.25) is 4.79 Å². The Morgan fingerprint density at radius 2 is 2.05 bits per heavy atom. The number of carbonyl (C=O) groups excluding carboxylic acids is 1. The van der Waals surface area contributed by atoms with Gasteiger partial charge in [0.25, 0.3) is 5.91 Å². The molecule has 0 saturated heterocycles. The van der Waals surface area contributed by atoms with Crippen molar-refractivity contribution in [3.8, 4) is 0 Å². The number of anilines is 1. The summed E-state index contributed by atoms with van der Waals surface area (Å²) in [6.07, 6.45) is 0.679. The summed E-state index contributed by atoms with van der Waals surface area (Å²) in [5.74, 6) is -1.54. The number of nitrogen functional groups attached to an aromatic ring is 1. The van der Waals surface area contributed by atoms with Gasteiger partial charge in [-0.15, -0.1) is 0 Å². The molecule has 5 heteroatoms. The predicted octanol–water partition coefficient (Wildman–Crippen LogP) is 1.81. The third-order valence-electron chi connectivity index (χ3n) is 3.30. The number of benzene rings is 1. The molecule has 0 spiro atoms. The first-order chi connectivity index (χ1) is 8.86. The monoisotopic (exact) mass is 264 g/mol. The summed E-state index contributed by atoms with van der Waals surface area (Å²) in [4.78, 5) is 23.2. The highest BCUT2D eigenvalue weighted by atomic mass is 16.4. The summed E-state index contributed by atoms with van der Waals surface area (Å²) >= 11 is 0. The fourth-order valence-corrected chi connectivity index (χ4v) is 1.72. The fraction of sp³-hybridized carbons (Fsp3) is 0.429. The molecule has 0 aliphatic carbocycles. The second-order valence-corrected chi connectivity index (χ2v) is 4.75. The van der Waals surface area contributed by atoms with E-state index in [9.17, 15) is 9.59 Å². The first-order valence-corrected chi connectivity index (χ1v) is 6.26. The first-order valence-electron chi connectivity index (χ1n) is 6.26. The molecule has 1 amide bonds. The minimum absolute atomic E-state index is 0.128. The quantitative estimate of drug-likeness (QED) is 0.707. The number of carboxylic acids is 1. The van der Waals surface area contributed by atoms with Crippen LogP contribution in [0.1, 0.15) is 36.2 Å². The van der Waals surface area contributed by atoms with Crippen LogP contribution >= 0.6 is 0 Å². The smallest absolute Gasteiger partial charge is 0.326 e.